The summed E-state index contributed by atoms with van der Waals surface area (Å²) in [5.41, 5.74) is 26.4. The molecular formula is C54H39BN2O. The molecule has 3 aromatic heterocycles. The summed E-state index contributed by atoms with van der Waals surface area (Å²) in [5, 5.41) is 7.54. The number of para-hydroxylation sites is 3. The Balaban J connectivity index is 1.33. The molecule has 274 valence electrons. The quantitative estimate of drug-likeness (QED) is 0.162. The van der Waals surface area contributed by atoms with Gasteiger partial charge in [0.25, 0.3) is 0 Å². The highest BCUT2D eigenvalue weighted by Crippen LogP contribution is 2.50. The molecule has 8 aromatic carbocycles. The number of hydrogen-bond donors (Lipinski definition) is 0. The predicted molar refractivity (Wildman–Crippen MR) is 246 cm³/mol. The largest absolute Gasteiger partial charge is 0.456 e. The second-order valence-electron chi connectivity index (χ2n) is 17.2. The van der Waals surface area contributed by atoms with Crippen LogP contribution >= 0.6 is 0 Å². The number of aromatic nitrogens is 2. The summed E-state index contributed by atoms with van der Waals surface area (Å²) in [6.07, 6.45) is 0. The second kappa shape index (κ2) is 11.0. The average Bonchev–Trinajstić information content (AvgIpc) is 3.87. The molecule has 0 bridgehead atoms. The van der Waals surface area contributed by atoms with E-state index in [0.717, 1.165) is 16.6 Å². The minimum Gasteiger partial charge on any atom is -0.456 e. The maximum atomic E-state index is 6.89. The number of aryl methyl sites for hydroxylation is 6. The Hall–Kier alpha value is -6.78. The van der Waals surface area contributed by atoms with Crippen LogP contribution in [0.3, 0.4) is 0 Å². The van der Waals surface area contributed by atoms with Crippen LogP contribution in [0.5, 0.6) is 0 Å². The van der Waals surface area contributed by atoms with E-state index in [1.165, 1.54) is 132 Å². The minimum atomic E-state index is -0.0553. The van der Waals surface area contributed by atoms with Crippen molar-refractivity contribution in [1.29, 1.82) is 0 Å². The summed E-state index contributed by atoms with van der Waals surface area (Å²) in [6, 6.07) is 48.2. The fourth-order valence-corrected chi connectivity index (χ4v) is 11.9. The SMILES string of the molecule is Cc1cc(C)c(-c2cccc3c2c2c(-c4c(C)cc(C)cc4C)ccc4c2n3-c2c3c(cc5oc6ccccc6c25)-c2cccc5c6ccccc6n(c25)B34)c(C)c1. The Kier molecular flexibility index (Phi) is 6.13. The summed E-state index contributed by atoms with van der Waals surface area (Å²) in [4.78, 5) is 0. The molecule has 0 atom stereocenters. The van der Waals surface area contributed by atoms with Crippen molar-refractivity contribution in [3.63, 3.8) is 0 Å². The summed E-state index contributed by atoms with van der Waals surface area (Å²) in [5.74, 6) is 0. The van der Waals surface area contributed by atoms with E-state index in [9.17, 15) is 0 Å². The fourth-order valence-electron chi connectivity index (χ4n) is 11.9. The zero-order valence-corrected chi connectivity index (χ0v) is 33.5. The summed E-state index contributed by atoms with van der Waals surface area (Å²) < 4.78 is 12.2. The minimum absolute atomic E-state index is 0.0553. The molecule has 2 aliphatic heterocycles. The number of furan rings is 1. The van der Waals surface area contributed by atoms with E-state index in [1.54, 1.807) is 0 Å². The van der Waals surface area contributed by atoms with Gasteiger partial charge < -0.3 is 13.5 Å². The lowest BCUT2D eigenvalue weighted by atomic mass is 9.45. The van der Waals surface area contributed by atoms with Gasteiger partial charge in [0.1, 0.15) is 11.2 Å². The first kappa shape index (κ1) is 32.3. The Bertz CT molecular complexity index is 3660. The van der Waals surface area contributed by atoms with Crippen LogP contribution in [0.2, 0.25) is 0 Å². The molecule has 0 radical (unpaired) electrons. The van der Waals surface area contributed by atoms with Crippen LogP contribution in [0.1, 0.15) is 33.4 Å². The van der Waals surface area contributed by atoms with Crippen LogP contribution in [-0.2, 0) is 0 Å². The Morgan fingerprint density at radius 3 is 1.79 bits per heavy atom. The van der Waals surface area contributed by atoms with Crippen molar-refractivity contribution < 1.29 is 4.42 Å². The van der Waals surface area contributed by atoms with Crippen LogP contribution in [0.4, 0.5) is 0 Å². The molecule has 4 heteroatoms. The van der Waals surface area contributed by atoms with Gasteiger partial charge in [0.2, 0.25) is 0 Å². The molecule has 58 heavy (non-hydrogen) atoms. The van der Waals surface area contributed by atoms with Gasteiger partial charge >= 0.3 is 6.85 Å². The van der Waals surface area contributed by atoms with Gasteiger partial charge in [-0.15, -0.1) is 0 Å². The van der Waals surface area contributed by atoms with Crippen LogP contribution in [0.25, 0.3) is 105 Å². The van der Waals surface area contributed by atoms with E-state index in [4.69, 9.17) is 4.42 Å². The van der Waals surface area contributed by atoms with Gasteiger partial charge in [-0.3, -0.25) is 0 Å². The third-order valence-electron chi connectivity index (χ3n) is 13.6. The lowest BCUT2D eigenvalue weighted by Gasteiger charge is -2.34. The monoisotopic (exact) mass is 742 g/mol. The van der Waals surface area contributed by atoms with Gasteiger partial charge in [-0.2, -0.15) is 0 Å². The smallest absolute Gasteiger partial charge is 0.333 e. The fraction of sp³-hybridized carbons (Fsp3) is 0.111. The number of benzene rings is 8. The number of nitrogens with zero attached hydrogens (tertiary/aromatic N) is 2. The van der Waals surface area contributed by atoms with Gasteiger partial charge in [0.05, 0.1) is 22.1 Å². The van der Waals surface area contributed by atoms with Crippen molar-refractivity contribution in [3.8, 4) is 39.1 Å². The molecule has 0 aliphatic carbocycles. The van der Waals surface area contributed by atoms with Crippen LogP contribution in [0, 0.1) is 41.5 Å². The summed E-state index contributed by atoms with van der Waals surface area (Å²) >= 11 is 0. The Labute approximate surface area is 336 Å². The first-order valence-electron chi connectivity index (χ1n) is 20.6. The zero-order valence-electron chi connectivity index (χ0n) is 33.5. The predicted octanol–water partition coefficient (Wildman–Crippen LogP) is 12.9. The maximum Gasteiger partial charge on any atom is 0.333 e. The maximum absolute atomic E-state index is 6.89. The molecular weight excluding hydrogens is 703 g/mol. The third-order valence-corrected chi connectivity index (χ3v) is 13.6. The van der Waals surface area contributed by atoms with Crippen molar-refractivity contribution in [1.82, 2.24) is 9.05 Å². The number of fused-ring (bicyclic) bond motifs is 14. The van der Waals surface area contributed by atoms with E-state index in [2.05, 4.69) is 178 Å². The summed E-state index contributed by atoms with van der Waals surface area (Å²) in [7, 11) is 0. The molecule has 0 spiro atoms. The molecule has 13 rings (SSSR count). The van der Waals surface area contributed by atoms with E-state index >= 15 is 0 Å². The van der Waals surface area contributed by atoms with Gasteiger partial charge in [0.15, 0.2) is 0 Å². The van der Waals surface area contributed by atoms with Crippen LogP contribution in [0.15, 0.2) is 132 Å². The van der Waals surface area contributed by atoms with Crippen molar-refractivity contribution in [3.05, 3.63) is 161 Å². The van der Waals surface area contributed by atoms with Crippen molar-refractivity contribution in [2.75, 3.05) is 0 Å². The highest BCUT2D eigenvalue weighted by Gasteiger charge is 2.43. The summed E-state index contributed by atoms with van der Waals surface area (Å²) in [6.45, 7) is 13.5. The van der Waals surface area contributed by atoms with Crippen LogP contribution < -0.4 is 10.9 Å². The third kappa shape index (κ3) is 3.86. The molecule has 0 saturated heterocycles. The topological polar surface area (TPSA) is 23.0 Å². The highest BCUT2D eigenvalue weighted by atomic mass is 16.3. The Morgan fingerprint density at radius 2 is 1.05 bits per heavy atom. The lowest BCUT2D eigenvalue weighted by Crippen LogP contribution is -2.55. The van der Waals surface area contributed by atoms with Crippen LogP contribution in [-0.4, -0.2) is 15.9 Å². The number of rotatable bonds is 2. The van der Waals surface area contributed by atoms with Gasteiger partial charge in [-0.1, -0.05) is 114 Å². The normalized spacial score (nSPS) is 13.0. The van der Waals surface area contributed by atoms with Crippen molar-refractivity contribution >= 4 is 83.3 Å². The zero-order chi connectivity index (χ0) is 38.9. The van der Waals surface area contributed by atoms with Gasteiger partial charge in [-0.25, -0.2) is 0 Å². The average molecular weight is 743 g/mol. The van der Waals surface area contributed by atoms with Gasteiger partial charge in [0, 0.05) is 43.5 Å². The van der Waals surface area contributed by atoms with E-state index in [-0.39, 0.29) is 6.85 Å². The molecule has 0 saturated carbocycles. The molecule has 3 nitrogen and oxygen atoms in total. The van der Waals surface area contributed by atoms with E-state index in [1.807, 2.05) is 0 Å². The van der Waals surface area contributed by atoms with Crippen molar-refractivity contribution in [2.24, 2.45) is 0 Å². The molecule has 2 aliphatic rings. The lowest BCUT2D eigenvalue weighted by molar-refractivity contribution is 0.669. The molecule has 5 heterocycles. The molecule has 11 aromatic rings. The molecule has 0 amide bonds. The first-order valence-corrected chi connectivity index (χ1v) is 20.6. The van der Waals surface area contributed by atoms with Gasteiger partial charge in [-0.05, 0) is 127 Å². The Morgan fingerprint density at radius 1 is 0.448 bits per heavy atom. The van der Waals surface area contributed by atoms with E-state index < -0.39 is 0 Å². The van der Waals surface area contributed by atoms with Crippen molar-refractivity contribution in [2.45, 2.75) is 41.5 Å². The second-order valence-corrected chi connectivity index (χ2v) is 17.2. The first-order chi connectivity index (χ1) is 28.3. The standard InChI is InChI=1S/C54H39BN2O/c1-28-23-30(3)46(31(4)24-28)38-17-12-19-43-48(38)50-39(47-32(5)25-29(2)26-33(47)6)21-22-41-53(50)56(43)54-49-37-14-8-10-20-44(37)58-45(49)27-40-36-16-11-15-35-34-13-7-9-18-42(34)57(52(35)36)55(41)51(40)54/h7-27H,1-6H3. The molecule has 0 fully saturated rings. The molecule has 0 N–H and O–H groups in total. The number of hydrogen-bond acceptors (Lipinski definition) is 1. The van der Waals surface area contributed by atoms with E-state index in [0.29, 0.717) is 0 Å². The highest BCUT2D eigenvalue weighted by molar-refractivity contribution is 6.90. The molecule has 0 unspecified atom stereocenters.